The van der Waals surface area contributed by atoms with E-state index in [1.54, 1.807) is 12.3 Å². The zero-order chi connectivity index (χ0) is 10.1. The molecule has 0 bridgehead atoms. The molecule has 0 spiro atoms. The highest BCUT2D eigenvalue weighted by Crippen LogP contribution is 2.18. The fourth-order valence-electron chi connectivity index (χ4n) is 1.47. The van der Waals surface area contributed by atoms with E-state index in [1.165, 1.54) is 0 Å². The molecule has 3 heteroatoms. The zero-order valence-corrected chi connectivity index (χ0v) is 9.28. The lowest BCUT2D eigenvalue weighted by molar-refractivity contribution is 0.965. The second-order valence-corrected chi connectivity index (χ2v) is 4.21. The summed E-state index contributed by atoms with van der Waals surface area (Å²) in [5.74, 6) is 0. The molecule has 2 rings (SSSR count). The van der Waals surface area contributed by atoms with Gasteiger partial charge in [-0.3, -0.25) is 4.79 Å². The molecule has 0 fully saturated rings. The van der Waals surface area contributed by atoms with Crippen molar-refractivity contribution in [3.8, 4) is 0 Å². The van der Waals surface area contributed by atoms with Gasteiger partial charge in [-0.05, 0) is 19.1 Å². The second kappa shape index (κ2) is 3.58. The molecular weight excluding hydrogens is 242 g/mol. The van der Waals surface area contributed by atoms with Gasteiger partial charge in [-0.2, -0.15) is 0 Å². The maximum absolute atomic E-state index is 11.5. The third-order valence-electron chi connectivity index (χ3n) is 2.14. The summed E-state index contributed by atoms with van der Waals surface area (Å²) in [7, 11) is 0. The number of fused-ring (bicyclic) bond motifs is 1. The average Bonchev–Trinajstić information content (AvgIpc) is 2.18. The van der Waals surface area contributed by atoms with Gasteiger partial charge in [0.05, 0.1) is 5.52 Å². The maximum Gasteiger partial charge on any atom is 0.189 e. The van der Waals surface area contributed by atoms with Crippen molar-refractivity contribution in [2.24, 2.45) is 0 Å². The Bertz CT molecular complexity index is 516. The van der Waals surface area contributed by atoms with Gasteiger partial charge in [0.25, 0.3) is 0 Å². The Morgan fingerprint density at radius 2 is 2.00 bits per heavy atom. The summed E-state index contributed by atoms with van der Waals surface area (Å²) in [6, 6.07) is 9.14. The summed E-state index contributed by atoms with van der Waals surface area (Å²) >= 11 is 3.41. The van der Waals surface area contributed by atoms with E-state index in [2.05, 4.69) is 15.9 Å². The molecule has 2 aromatic rings. The van der Waals surface area contributed by atoms with E-state index in [4.69, 9.17) is 0 Å². The van der Waals surface area contributed by atoms with Crippen molar-refractivity contribution in [1.29, 1.82) is 0 Å². The Hall–Kier alpha value is -1.09. The molecule has 1 aromatic carbocycles. The zero-order valence-electron chi connectivity index (χ0n) is 7.70. The summed E-state index contributed by atoms with van der Waals surface area (Å²) in [4.78, 5) is 12.5. The van der Waals surface area contributed by atoms with Gasteiger partial charge in [0.2, 0.25) is 0 Å². The van der Waals surface area contributed by atoms with Crippen LogP contribution >= 0.6 is 15.9 Å². The van der Waals surface area contributed by atoms with Crippen LogP contribution < -0.4 is 5.43 Å². The highest BCUT2D eigenvalue weighted by atomic mass is 79.9. The molecule has 0 aliphatic heterocycles. The predicted molar refractivity (Wildman–Crippen MR) is 61.5 cm³/mol. The van der Waals surface area contributed by atoms with Crippen molar-refractivity contribution in [3.63, 3.8) is 0 Å². The lowest BCUT2D eigenvalue weighted by atomic mass is 10.2. The number of halogens is 1. The first-order valence-electron chi connectivity index (χ1n) is 4.30. The molecule has 0 saturated heterocycles. The van der Waals surface area contributed by atoms with E-state index < -0.39 is 0 Å². The molecule has 1 heterocycles. The highest BCUT2D eigenvalue weighted by Gasteiger charge is 2.05. The first-order valence-corrected chi connectivity index (χ1v) is 5.09. The van der Waals surface area contributed by atoms with Crippen LogP contribution in [0.5, 0.6) is 0 Å². The van der Waals surface area contributed by atoms with E-state index in [0.717, 1.165) is 15.9 Å². The van der Waals surface area contributed by atoms with E-state index in [1.807, 2.05) is 35.8 Å². The van der Waals surface area contributed by atoms with Crippen LogP contribution in [0.15, 0.2) is 41.3 Å². The lowest BCUT2D eigenvalue weighted by Crippen LogP contribution is -2.08. The van der Waals surface area contributed by atoms with Crippen LogP contribution in [0, 0.1) is 4.95 Å². The fraction of sp³-hybridized carbons (Fsp3) is 0.0909. The molecule has 0 aliphatic carbocycles. The van der Waals surface area contributed by atoms with Crippen LogP contribution in [0.1, 0.15) is 6.92 Å². The fourth-order valence-corrected chi connectivity index (χ4v) is 1.78. The summed E-state index contributed by atoms with van der Waals surface area (Å²) < 4.78 is 1.94. The number of hydrogen-bond donors (Lipinski definition) is 0. The van der Waals surface area contributed by atoms with E-state index >= 15 is 0 Å². The normalized spacial score (nSPS) is 11.1. The molecule has 0 amide bonds. The van der Waals surface area contributed by atoms with Crippen LogP contribution in [0.2, 0.25) is 0 Å². The summed E-state index contributed by atoms with van der Waals surface area (Å²) in [6.07, 6.45) is 1.77. The minimum absolute atomic E-state index is 0.0607. The Morgan fingerprint density at radius 1 is 1.29 bits per heavy atom. The Kier molecular flexibility index (Phi) is 2.42. The van der Waals surface area contributed by atoms with Crippen molar-refractivity contribution in [2.45, 2.75) is 6.92 Å². The van der Waals surface area contributed by atoms with Crippen molar-refractivity contribution < 1.29 is 0 Å². The van der Waals surface area contributed by atoms with E-state index in [-0.39, 0.29) is 5.43 Å². The predicted octanol–water partition coefficient (Wildman–Crippen LogP) is 2.75. The molecule has 2 nitrogen and oxygen atoms in total. The smallest absolute Gasteiger partial charge is 0.189 e. The number of pyridine rings is 1. The molecule has 14 heavy (non-hydrogen) atoms. The number of nitrogens with zero attached hydrogens (tertiary/aromatic N) is 1. The quantitative estimate of drug-likeness (QED) is 0.763. The van der Waals surface area contributed by atoms with Gasteiger partial charge in [-0.15, -0.1) is 0 Å². The van der Waals surface area contributed by atoms with Gasteiger partial charge in [0.1, 0.15) is 4.95 Å². The monoisotopic (exact) mass is 250 g/mol. The molecule has 0 atom stereocenters. The molecule has 0 unspecified atom stereocenters. The Balaban J connectivity index is 2.89. The van der Waals surface area contributed by atoms with Crippen LogP contribution in [0.3, 0.4) is 0 Å². The van der Waals surface area contributed by atoms with Crippen molar-refractivity contribution in [3.05, 3.63) is 51.7 Å². The molecule has 1 aromatic heterocycles. The maximum atomic E-state index is 11.5. The van der Waals surface area contributed by atoms with Gasteiger partial charge >= 0.3 is 0 Å². The molecule has 71 valence electrons. The van der Waals surface area contributed by atoms with Crippen molar-refractivity contribution in [1.82, 2.24) is 4.57 Å². The van der Waals surface area contributed by atoms with E-state index in [0.29, 0.717) is 0 Å². The number of hydrogen-bond acceptors (Lipinski definition) is 1. The van der Waals surface area contributed by atoms with Gasteiger partial charge in [-0.1, -0.05) is 28.1 Å². The topological polar surface area (TPSA) is 22.0 Å². The minimum atomic E-state index is 0.0607. The Morgan fingerprint density at radius 3 is 2.71 bits per heavy atom. The van der Waals surface area contributed by atoms with Gasteiger partial charge < -0.3 is 4.57 Å². The van der Waals surface area contributed by atoms with E-state index in [9.17, 15) is 4.79 Å². The van der Waals surface area contributed by atoms with Crippen LogP contribution in [0.25, 0.3) is 10.9 Å². The molecule has 1 radical (unpaired) electrons. The van der Waals surface area contributed by atoms with Gasteiger partial charge in [-0.25, -0.2) is 0 Å². The molecule has 0 saturated carbocycles. The van der Waals surface area contributed by atoms with Crippen molar-refractivity contribution >= 4 is 26.8 Å². The van der Waals surface area contributed by atoms with Crippen LogP contribution in [0.4, 0.5) is 0 Å². The lowest BCUT2D eigenvalue weighted by Gasteiger charge is -2.11. The molecule has 0 N–H and O–H groups in total. The van der Waals surface area contributed by atoms with Gasteiger partial charge in [0, 0.05) is 17.6 Å². The third-order valence-corrected chi connectivity index (χ3v) is 2.52. The highest BCUT2D eigenvalue weighted by molar-refractivity contribution is 9.11. The first-order chi connectivity index (χ1) is 6.70. The summed E-state index contributed by atoms with van der Waals surface area (Å²) in [6.45, 7) is 1.94. The van der Waals surface area contributed by atoms with Gasteiger partial charge in [0.15, 0.2) is 5.43 Å². The Labute approximate surface area is 90.3 Å². The largest absolute Gasteiger partial charge is 0.328 e. The summed E-state index contributed by atoms with van der Waals surface area (Å²) in [5.41, 5.74) is 0.986. The number of benzene rings is 1. The minimum Gasteiger partial charge on any atom is -0.328 e. The first kappa shape index (κ1) is 9.46. The van der Waals surface area contributed by atoms with Crippen molar-refractivity contribution in [2.75, 3.05) is 0 Å². The number of para-hydroxylation sites is 1. The van der Waals surface area contributed by atoms with Crippen LogP contribution in [-0.2, 0) is 0 Å². The average molecular weight is 251 g/mol. The second-order valence-electron chi connectivity index (χ2n) is 3.06. The standard InChI is InChI=1S/C11H9BrNO/c1-8(12)13-7-6-11(14)9-4-2-3-5-10(9)13/h2-7H,1H3. The number of rotatable bonds is 1. The summed E-state index contributed by atoms with van der Waals surface area (Å²) in [5, 5.41) is 0.744. The molecule has 0 aliphatic rings. The SMILES string of the molecule is C[C](Br)n1ccc(=O)c2ccccc21. The molecular formula is C11H9BrNO. The number of aromatic nitrogens is 1. The van der Waals surface area contributed by atoms with Crippen LogP contribution in [-0.4, -0.2) is 4.57 Å². The third kappa shape index (κ3) is 1.48.